The van der Waals surface area contributed by atoms with Crippen LogP contribution in [0.1, 0.15) is 0 Å². The van der Waals surface area contributed by atoms with E-state index in [1.54, 1.807) is 25.7 Å². The SMILES string of the molecule is CNc1nccnc1-c1ccco1. The Balaban J connectivity index is 2.51. The van der Waals surface area contributed by atoms with Crippen LogP contribution < -0.4 is 5.32 Å². The fourth-order valence-corrected chi connectivity index (χ4v) is 1.11. The predicted molar refractivity (Wildman–Crippen MR) is 49.3 cm³/mol. The second-order valence-electron chi connectivity index (χ2n) is 2.48. The van der Waals surface area contributed by atoms with Gasteiger partial charge in [-0.25, -0.2) is 9.97 Å². The van der Waals surface area contributed by atoms with E-state index in [9.17, 15) is 0 Å². The fraction of sp³-hybridized carbons (Fsp3) is 0.111. The number of hydrogen-bond donors (Lipinski definition) is 1. The smallest absolute Gasteiger partial charge is 0.156 e. The monoisotopic (exact) mass is 175 g/mol. The van der Waals surface area contributed by atoms with E-state index in [0.29, 0.717) is 0 Å². The first-order valence-corrected chi connectivity index (χ1v) is 3.94. The summed E-state index contributed by atoms with van der Waals surface area (Å²) in [4.78, 5) is 8.29. The molecule has 1 N–H and O–H groups in total. The van der Waals surface area contributed by atoms with E-state index in [-0.39, 0.29) is 0 Å². The lowest BCUT2D eigenvalue weighted by Crippen LogP contribution is -1.96. The number of rotatable bonds is 2. The lowest BCUT2D eigenvalue weighted by molar-refractivity contribution is 0.580. The maximum Gasteiger partial charge on any atom is 0.156 e. The molecule has 0 fully saturated rings. The standard InChI is InChI=1S/C9H9N3O/c1-10-9-8(11-4-5-12-9)7-3-2-6-13-7/h2-6H,1H3,(H,10,12). The van der Waals surface area contributed by atoms with E-state index in [0.717, 1.165) is 17.3 Å². The molecule has 0 saturated carbocycles. The zero-order valence-corrected chi connectivity index (χ0v) is 7.19. The van der Waals surface area contributed by atoms with Gasteiger partial charge in [0.15, 0.2) is 11.6 Å². The van der Waals surface area contributed by atoms with E-state index in [1.165, 1.54) is 0 Å². The van der Waals surface area contributed by atoms with Gasteiger partial charge >= 0.3 is 0 Å². The molecule has 0 radical (unpaired) electrons. The van der Waals surface area contributed by atoms with Crippen LogP contribution in [0.2, 0.25) is 0 Å². The van der Waals surface area contributed by atoms with Crippen LogP contribution in [0.15, 0.2) is 35.2 Å². The van der Waals surface area contributed by atoms with Gasteiger partial charge in [-0.1, -0.05) is 0 Å². The van der Waals surface area contributed by atoms with Crippen LogP contribution >= 0.6 is 0 Å². The van der Waals surface area contributed by atoms with Gasteiger partial charge < -0.3 is 9.73 Å². The summed E-state index contributed by atoms with van der Waals surface area (Å²) in [5.74, 6) is 1.44. The molecule has 2 aromatic rings. The van der Waals surface area contributed by atoms with Gasteiger partial charge in [0, 0.05) is 19.4 Å². The molecule has 0 amide bonds. The zero-order valence-electron chi connectivity index (χ0n) is 7.19. The average molecular weight is 175 g/mol. The molecule has 2 heterocycles. The minimum Gasteiger partial charge on any atom is -0.463 e. The third-order valence-corrected chi connectivity index (χ3v) is 1.69. The number of aromatic nitrogens is 2. The largest absolute Gasteiger partial charge is 0.463 e. The number of hydrogen-bond acceptors (Lipinski definition) is 4. The summed E-state index contributed by atoms with van der Waals surface area (Å²) < 4.78 is 5.22. The number of nitrogens with zero attached hydrogens (tertiary/aromatic N) is 2. The first-order chi connectivity index (χ1) is 6.42. The van der Waals surface area contributed by atoms with E-state index in [1.807, 2.05) is 12.1 Å². The number of nitrogens with one attached hydrogen (secondary N) is 1. The number of anilines is 1. The molecule has 0 aromatic carbocycles. The van der Waals surface area contributed by atoms with E-state index < -0.39 is 0 Å². The van der Waals surface area contributed by atoms with Crippen molar-refractivity contribution in [1.82, 2.24) is 9.97 Å². The topological polar surface area (TPSA) is 51.0 Å². The molecule has 0 aliphatic heterocycles. The lowest BCUT2D eigenvalue weighted by Gasteiger charge is -2.02. The second-order valence-corrected chi connectivity index (χ2v) is 2.48. The highest BCUT2D eigenvalue weighted by atomic mass is 16.3. The highest BCUT2D eigenvalue weighted by Gasteiger charge is 2.07. The molecule has 0 atom stereocenters. The minimum absolute atomic E-state index is 0.720. The minimum atomic E-state index is 0.720. The van der Waals surface area contributed by atoms with E-state index in [2.05, 4.69) is 15.3 Å². The molecular formula is C9H9N3O. The van der Waals surface area contributed by atoms with Crippen molar-refractivity contribution in [2.24, 2.45) is 0 Å². The molecular weight excluding hydrogens is 166 g/mol. The first-order valence-electron chi connectivity index (χ1n) is 3.94. The summed E-state index contributed by atoms with van der Waals surface area (Å²) in [6.07, 6.45) is 4.89. The van der Waals surface area contributed by atoms with Crippen molar-refractivity contribution in [2.75, 3.05) is 12.4 Å². The Bertz CT molecular complexity index is 384. The maximum atomic E-state index is 5.22. The van der Waals surface area contributed by atoms with Gasteiger partial charge in [-0.3, -0.25) is 0 Å². The lowest BCUT2D eigenvalue weighted by atomic mass is 10.3. The van der Waals surface area contributed by atoms with Crippen molar-refractivity contribution in [3.05, 3.63) is 30.8 Å². The van der Waals surface area contributed by atoms with Crippen LogP contribution in [-0.4, -0.2) is 17.0 Å². The van der Waals surface area contributed by atoms with Gasteiger partial charge in [-0.2, -0.15) is 0 Å². The summed E-state index contributed by atoms with van der Waals surface area (Å²) in [6, 6.07) is 3.67. The summed E-state index contributed by atoms with van der Waals surface area (Å²) in [7, 11) is 1.80. The molecule has 0 unspecified atom stereocenters. The Labute approximate surface area is 75.6 Å². The highest BCUT2D eigenvalue weighted by Crippen LogP contribution is 2.22. The van der Waals surface area contributed by atoms with Gasteiger partial charge in [0.1, 0.15) is 5.69 Å². The third kappa shape index (κ3) is 1.38. The van der Waals surface area contributed by atoms with Crippen molar-refractivity contribution in [2.45, 2.75) is 0 Å². The normalized spacial score (nSPS) is 9.92. The molecule has 0 aliphatic rings. The fourth-order valence-electron chi connectivity index (χ4n) is 1.11. The average Bonchev–Trinajstić information content (AvgIpc) is 2.70. The van der Waals surface area contributed by atoms with E-state index >= 15 is 0 Å². The molecule has 0 saturated heterocycles. The molecule has 13 heavy (non-hydrogen) atoms. The summed E-state index contributed by atoms with van der Waals surface area (Å²) in [5, 5.41) is 2.95. The van der Waals surface area contributed by atoms with Gasteiger partial charge in [0.05, 0.1) is 6.26 Å². The van der Waals surface area contributed by atoms with Crippen LogP contribution in [0.5, 0.6) is 0 Å². The Morgan fingerprint density at radius 3 is 2.85 bits per heavy atom. The van der Waals surface area contributed by atoms with Crippen molar-refractivity contribution < 1.29 is 4.42 Å². The Morgan fingerprint density at radius 1 is 1.31 bits per heavy atom. The highest BCUT2D eigenvalue weighted by molar-refractivity contribution is 5.66. The van der Waals surface area contributed by atoms with Gasteiger partial charge in [-0.15, -0.1) is 0 Å². The molecule has 4 heteroatoms. The number of furan rings is 1. The summed E-state index contributed by atoms with van der Waals surface area (Å²) in [5.41, 5.74) is 0.731. The Hall–Kier alpha value is -1.84. The summed E-state index contributed by atoms with van der Waals surface area (Å²) in [6.45, 7) is 0. The van der Waals surface area contributed by atoms with Gasteiger partial charge in [0.2, 0.25) is 0 Å². The maximum absolute atomic E-state index is 5.22. The zero-order chi connectivity index (χ0) is 9.10. The predicted octanol–water partition coefficient (Wildman–Crippen LogP) is 1.78. The van der Waals surface area contributed by atoms with Crippen LogP contribution in [-0.2, 0) is 0 Å². The van der Waals surface area contributed by atoms with Crippen LogP contribution in [0.3, 0.4) is 0 Å². The molecule has 0 aliphatic carbocycles. The summed E-state index contributed by atoms with van der Waals surface area (Å²) >= 11 is 0. The molecule has 0 spiro atoms. The molecule has 0 bridgehead atoms. The molecule has 66 valence electrons. The second kappa shape index (κ2) is 3.26. The van der Waals surface area contributed by atoms with Gasteiger partial charge in [0.25, 0.3) is 0 Å². The molecule has 2 rings (SSSR count). The van der Waals surface area contributed by atoms with E-state index in [4.69, 9.17) is 4.42 Å². The quantitative estimate of drug-likeness (QED) is 0.755. The molecule has 2 aromatic heterocycles. The van der Waals surface area contributed by atoms with Crippen molar-refractivity contribution in [3.63, 3.8) is 0 Å². The van der Waals surface area contributed by atoms with Crippen molar-refractivity contribution >= 4 is 5.82 Å². The van der Waals surface area contributed by atoms with Crippen LogP contribution in [0, 0.1) is 0 Å². The van der Waals surface area contributed by atoms with Gasteiger partial charge in [-0.05, 0) is 12.1 Å². The Morgan fingerprint density at radius 2 is 2.15 bits per heavy atom. The van der Waals surface area contributed by atoms with Crippen molar-refractivity contribution in [1.29, 1.82) is 0 Å². The van der Waals surface area contributed by atoms with Crippen LogP contribution in [0.4, 0.5) is 5.82 Å². The first kappa shape index (κ1) is 7.79. The van der Waals surface area contributed by atoms with Crippen LogP contribution in [0.25, 0.3) is 11.5 Å². The Kier molecular flexibility index (Phi) is 1.96. The third-order valence-electron chi connectivity index (χ3n) is 1.69. The molecule has 4 nitrogen and oxygen atoms in total. The van der Waals surface area contributed by atoms with Crippen molar-refractivity contribution in [3.8, 4) is 11.5 Å².